The summed E-state index contributed by atoms with van der Waals surface area (Å²) in [6.07, 6.45) is 0.797. The van der Waals surface area contributed by atoms with Crippen molar-refractivity contribution in [2.75, 3.05) is 7.11 Å². The lowest BCUT2D eigenvalue weighted by molar-refractivity contribution is -0.385. The molecule has 0 aliphatic carbocycles. The molecule has 0 aliphatic rings. The summed E-state index contributed by atoms with van der Waals surface area (Å²) in [6.45, 7) is 1.44. The predicted molar refractivity (Wildman–Crippen MR) is 83.2 cm³/mol. The second kappa shape index (κ2) is 6.98. The third-order valence-corrected chi connectivity index (χ3v) is 4.28. The largest absolute Gasteiger partial charge is 0.534 e. The van der Waals surface area contributed by atoms with E-state index in [0.29, 0.717) is 0 Å². The zero-order valence-corrected chi connectivity index (χ0v) is 14.4. The number of rotatable bonds is 5. The van der Waals surface area contributed by atoms with Crippen molar-refractivity contribution >= 4 is 15.8 Å². The number of ether oxygens (including phenoxy) is 1. The number of nitrogens with zero attached hydrogens (tertiary/aromatic N) is 2. The Kier molecular flexibility index (Phi) is 5.26. The molecule has 1 aromatic carbocycles. The molecule has 2 aromatic rings. The van der Waals surface area contributed by atoms with Crippen molar-refractivity contribution in [1.82, 2.24) is 4.98 Å². The monoisotopic (exact) mass is 410 g/mol. The normalized spacial score (nSPS) is 11.9. The average Bonchev–Trinajstić information content (AvgIpc) is 2.54. The van der Waals surface area contributed by atoms with Crippen LogP contribution in [0.2, 0.25) is 0 Å². The van der Waals surface area contributed by atoms with Crippen LogP contribution in [-0.2, 0) is 10.1 Å². The van der Waals surface area contributed by atoms with Crippen molar-refractivity contribution in [3.8, 4) is 22.8 Å². The lowest BCUT2D eigenvalue weighted by atomic mass is 9.99. The van der Waals surface area contributed by atoms with Gasteiger partial charge in [-0.3, -0.25) is 10.1 Å². The summed E-state index contributed by atoms with van der Waals surface area (Å²) in [5.41, 5.74) is -7.19. The number of nitro groups is 1. The smallest absolute Gasteiger partial charge is 0.494 e. The van der Waals surface area contributed by atoms with E-state index >= 15 is 0 Å². The zero-order chi connectivity index (χ0) is 20.6. The predicted octanol–water partition coefficient (Wildman–Crippen LogP) is 3.34. The summed E-state index contributed by atoms with van der Waals surface area (Å²) in [5.74, 6) is -2.45. The molecule has 0 saturated carbocycles. The van der Waals surface area contributed by atoms with E-state index in [1.54, 1.807) is 0 Å². The highest BCUT2D eigenvalue weighted by molar-refractivity contribution is 7.88. The number of benzene rings is 1. The van der Waals surface area contributed by atoms with Crippen molar-refractivity contribution in [3.05, 3.63) is 45.9 Å². The molecular weight excluding hydrogens is 400 g/mol. The van der Waals surface area contributed by atoms with Gasteiger partial charge in [0, 0.05) is 6.20 Å². The van der Waals surface area contributed by atoms with E-state index in [1.165, 1.54) is 20.1 Å². The number of hydrogen-bond acceptors (Lipinski definition) is 7. The molecule has 0 saturated heterocycles. The number of aryl methyl sites for hydroxylation is 1. The van der Waals surface area contributed by atoms with Crippen LogP contribution in [0.5, 0.6) is 11.6 Å². The van der Waals surface area contributed by atoms with Gasteiger partial charge in [0.25, 0.3) is 0 Å². The fraction of sp³-hybridized carbons (Fsp3) is 0.214. The zero-order valence-electron chi connectivity index (χ0n) is 13.6. The van der Waals surface area contributed by atoms with Crippen LogP contribution >= 0.6 is 0 Å². The van der Waals surface area contributed by atoms with Crippen LogP contribution < -0.4 is 8.92 Å². The van der Waals surface area contributed by atoms with Gasteiger partial charge in [0.05, 0.1) is 17.6 Å². The molecule has 0 aliphatic heterocycles. The Morgan fingerprint density at radius 3 is 2.37 bits per heavy atom. The van der Waals surface area contributed by atoms with Gasteiger partial charge in [0.1, 0.15) is 0 Å². The van der Waals surface area contributed by atoms with Crippen molar-refractivity contribution < 1.29 is 39.8 Å². The van der Waals surface area contributed by atoms with Crippen LogP contribution in [0.4, 0.5) is 23.2 Å². The lowest BCUT2D eigenvalue weighted by Crippen LogP contribution is -2.28. The number of alkyl halides is 3. The Morgan fingerprint density at radius 2 is 1.85 bits per heavy atom. The second-order valence-corrected chi connectivity index (χ2v) is 6.59. The molecule has 27 heavy (non-hydrogen) atoms. The SMILES string of the molecule is COc1cc(C)c(-c2ccnc(OS(=O)(=O)C(F)(F)F)c2[N+](=O)[O-])cc1F. The van der Waals surface area contributed by atoms with Crippen LogP contribution in [0.15, 0.2) is 24.4 Å². The minimum Gasteiger partial charge on any atom is -0.494 e. The maximum absolute atomic E-state index is 14.0. The fourth-order valence-electron chi connectivity index (χ4n) is 2.14. The highest BCUT2D eigenvalue weighted by Crippen LogP contribution is 2.40. The van der Waals surface area contributed by atoms with Gasteiger partial charge in [-0.2, -0.15) is 21.6 Å². The summed E-state index contributed by atoms with van der Waals surface area (Å²) >= 11 is 0. The van der Waals surface area contributed by atoms with Gasteiger partial charge >= 0.3 is 27.2 Å². The first kappa shape index (κ1) is 20.4. The first-order valence-corrected chi connectivity index (χ1v) is 8.28. The molecule has 0 atom stereocenters. The van der Waals surface area contributed by atoms with Crippen LogP contribution in [0, 0.1) is 22.9 Å². The summed E-state index contributed by atoms with van der Waals surface area (Å²) in [6, 6.07) is 3.08. The average molecular weight is 410 g/mol. The van der Waals surface area contributed by atoms with Gasteiger partial charge in [-0.25, -0.2) is 9.37 Å². The molecule has 0 unspecified atom stereocenters. The number of methoxy groups -OCH3 is 1. The summed E-state index contributed by atoms with van der Waals surface area (Å²) in [4.78, 5) is 13.4. The standard InChI is InChI=1S/C14H10F4N2O6S/c1-7-5-11(25-2)10(15)6-9(7)8-3-4-19-13(12(8)20(21)22)26-27(23,24)14(16,17)18/h3-6H,1-2H3. The van der Waals surface area contributed by atoms with E-state index in [4.69, 9.17) is 4.74 Å². The summed E-state index contributed by atoms with van der Waals surface area (Å²) in [5, 5.41) is 11.4. The maximum atomic E-state index is 14.0. The topological polar surface area (TPSA) is 109 Å². The van der Waals surface area contributed by atoms with Crippen molar-refractivity contribution in [1.29, 1.82) is 0 Å². The molecule has 0 N–H and O–H groups in total. The first-order chi connectivity index (χ1) is 12.4. The molecule has 0 bridgehead atoms. The highest BCUT2D eigenvalue weighted by Gasteiger charge is 2.50. The Hall–Kier alpha value is -2.96. The van der Waals surface area contributed by atoms with E-state index in [0.717, 1.165) is 18.3 Å². The molecule has 0 spiro atoms. The second-order valence-electron chi connectivity index (χ2n) is 5.05. The van der Waals surface area contributed by atoms with Crippen molar-refractivity contribution in [2.24, 2.45) is 0 Å². The Balaban J connectivity index is 2.71. The van der Waals surface area contributed by atoms with Crippen LogP contribution in [0.25, 0.3) is 11.1 Å². The molecular formula is C14H10F4N2O6S. The number of hydrogen-bond donors (Lipinski definition) is 0. The lowest BCUT2D eigenvalue weighted by Gasteiger charge is -2.12. The fourth-order valence-corrected chi connectivity index (χ4v) is 2.57. The summed E-state index contributed by atoms with van der Waals surface area (Å²) in [7, 11) is -5.00. The van der Waals surface area contributed by atoms with E-state index < -0.39 is 37.9 Å². The minimum atomic E-state index is -6.20. The van der Waals surface area contributed by atoms with Gasteiger partial charge in [-0.05, 0) is 36.2 Å². The number of pyridine rings is 1. The highest BCUT2D eigenvalue weighted by atomic mass is 32.2. The number of halogens is 4. The van der Waals surface area contributed by atoms with Crippen LogP contribution in [0.1, 0.15) is 5.56 Å². The molecule has 0 radical (unpaired) electrons. The first-order valence-electron chi connectivity index (χ1n) is 6.87. The van der Waals surface area contributed by atoms with E-state index in [1.807, 2.05) is 0 Å². The van der Waals surface area contributed by atoms with Gasteiger partial charge in [0.15, 0.2) is 11.6 Å². The molecule has 8 nitrogen and oxygen atoms in total. The minimum absolute atomic E-state index is 0.0864. The molecule has 0 fully saturated rings. The van der Waals surface area contributed by atoms with E-state index in [2.05, 4.69) is 9.17 Å². The molecule has 0 amide bonds. The Labute approximate surface area is 149 Å². The molecule has 146 valence electrons. The molecule has 1 aromatic heterocycles. The van der Waals surface area contributed by atoms with Crippen LogP contribution in [-0.4, -0.2) is 30.9 Å². The third-order valence-electron chi connectivity index (χ3n) is 3.33. The number of aromatic nitrogens is 1. The maximum Gasteiger partial charge on any atom is 0.534 e. The van der Waals surface area contributed by atoms with E-state index in [-0.39, 0.29) is 22.4 Å². The molecule has 13 heteroatoms. The van der Waals surface area contributed by atoms with Gasteiger partial charge in [-0.15, -0.1) is 0 Å². The van der Waals surface area contributed by atoms with E-state index in [9.17, 15) is 36.1 Å². The Morgan fingerprint density at radius 1 is 1.22 bits per heavy atom. The quantitative estimate of drug-likeness (QED) is 0.245. The van der Waals surface area contributed by atoms with Crippen molar-refractivity contribution in [2.45, 2.75) is 12.4 Å². The molecule has 1 heterocycles. The van der Waals surface area contributed by atoms with Gasteiger partial charge in [0.2, 0.25) is 0 Å². The molecule has 2 rings (SSSR count). The Bertz CT molecular complexity index is 1010. The third kappa shape index (κ3) is 3.92. The van der Waals surface area contributed by atoms with Gasteiger partial charge in [-0.1, -0.05) is 0 Å². The van der Waals surface area contributed by atoms with Gasteiger partial charge < -0.3 is 8.92 Å². The van der Waals surface area contributed by atoms with Crippen molar-refractivity contribution in [3.63, 3.8) is 0 Å². The summed E-state index contributed by atoms with van der Waals surface area (Å²) < 4.78 is 82.4. The van der Waals surface area contributed by atoms with Crippen LogP contribution in [0.3, 0.4) is 0 Å².